The van der Waals surface area contributed by atoms with E-state index in [1.807, 2.05) is 18.2 Å². The van der Waals surface area contributed by atoms with Gasteiger partial charge < -0.3 is 14.2 Å². The Kier molecular flexibility index (Phi) is 7.30. The van der Waals surface area contributed by atoms with Crippen molar-refractivity contribution in [2.24, 2.45) is 5.41 Å². The molecule has 4 unspecified atom stereocenters. The van der Waals surface area contributed by atoms with E-state index in [0.717, 1.165) is 73.1 Å². The quantitative estimate of drug-likeness (QED) is 0.369. The summed E-state index contributed by atoms with van der Waals surface area (Å²) in [6.45, 7) is 5.19. The lowest BCUT2D eigenvalue weighted by molar-refractivity contribution is -0.141. The molecule has 0 radical (unpaired) electrons. The monoisotopic (exact) mass is 658 g/mol. The fourth-order valence-corrected chi connectivity index (χ4v) is 9.93. The van der Waals surface area contributed by atoms with Gasteiger partial charge in [-0.25, -0.2) is 13.1 Å². The highest BCUT2D eigenvalue weighted by atomic mass is 32.2. The van der Waals surface area contributed by atoms with E-state index in [2.05, 4.69) is 38.3 Å². The van der Waals surface area contributed by atoms with E-state index in [4.69, 9.17) is 4.74 Å². The Morgan fingerprint density at radius 3 is 2.38 bits per heavy atom. The van der Waals surface area contributed by atoms with Gasteiger partial charge in [-0.05, 0) is 100 Å². The standard InChI is InChI=1S/C37H46N4O5S/c1-22(2)47(44,45)38-35(42)24-10-14-29-32(16-24)41-21-37(36(43)40-19-25-11-12-26(20-40)39(25)3)18-31(37)30-17-27(46-4)13-15-28(30)34(41)33(29)23-8-6-5-7-9-23/h10,13-17,22-23,25-26,31H,5-9,11-12,18-21H2,1-4H3,(H,38,42). The molecule has 10 heteroatoms. The Morgan fingerprint density at radius 1 is 0.979 bits per heavy atom. The Labute approximate surface area is 277 Å². The van der Waals surface area contributed by atoms with Crippen LogP contribution in [0.25, 0.3) is 22.2 Å². The number of hydrogen-bond donors (Lipinski definition) is 1. The fraction of sp³-hybridized carbons (Fsp3) is 0.568. The number of hydrogen-bond acceptors (Lipinski definition) is 6. The maximum absolute atomic E-state index is 14.8. The number of piperazine rings is 1. The molecule has 2 bridgehead atoms. The summed E-state index contributed by atoms with van der Waals surface area (Å²) in [5.74, 6) is 0.856. The summed E-state index contributed by atoms with van der Waals surface area (Å²) in [6, 6.07) is 12.8. The number of carbonyl (C=O) groups is 2. The lowest BCUT2D eigenvalue weighted by Crippen LogP contribution is -2.55. The first-order chi connectivity index (χ1) is 22.5. The first kappa shape index (κ1) is 30.9. The number of nitrogens with zero attached hydrogens (tertiary/aromatic N) is 3. The van der Waals surface area contributed by atoms with Gasteiger partial charge in [0.05, 0.1) is 23.5 Å². The third-order valence-electron chi connectivity index (χ3n) is 12.2. The molecule has 1 N–H and O–H groups in total. The lowest BCUT2D eigenvalue weighted by atomic mass is 9.81. The number of sulfonamides is 1. The van der Waals surface area contributed by atoms with Gasteiger partial charge in [0.25, 0.3) is 5.91 Å². The van der Waals surface area contributed by atoms with Crippen LogP contribution in [0.2, 0.25) is 0 Å². The number of amides is 2. The Bertz CT molecular complexity index is 1880. The second-order valence-corrected chi connectivity index (χ2v) is 17.3. The molecule has 2 aromatic carbocycles. The minimum Gasteiger partial charge on any atom is -0.497 e. The predicted octanol–water partition coefficient (Wildman–Crippen LogP) is 5.62. The van der Waals surface area contributed by atoms with Crippen LogP contribution < -0.4 is 9.46 Å². The van der Waals surface area contributed by atoms with Crippen LogP contribution in [0.15, 0.2) is 36.4 Å². The van der Waals surface area contributed by atoms with Gasteiger partial charge in [-0.3, -0.25) is 14.5 Å². The van der Waals surface area contributed by atoms with Crippen molar-refractivity contribution in [1.82, 2.24) is 19.1 Å². The Morgan fingerprint density at radius 2 is 1.70 bits per heavy atom. The van der Waals surface area contributed by atoms with Crippen molar-refractivity contribution in [2.75, 3.05) is 27.2 Å². The topological polar surface area (TPSA) is 101 Å². The second kappa shape index (κ2) is 11.1. The van der Waals surface area contributed by atoms with Crippen molar-refractivity contribution in [3.8, 4) is 17.0 Å². The van der Waals surface area contributed by atoms with Crippen LogP contribution in [-0.2, 0) is 21.4 Å². The van der Waals surface area contributed by atoms with Gasteiger partial charge in [0.15, 0.2) is 0 Å². The number of nitrogens with one attached hydrogen (secondary N) is 1. The zero-order valence-corrected chi connectivity index (χ0v) is 28.7. The van der Waals surface area contributed by atoms with Crippen molar-refractivity contribution >= 4 is 32.7 Å². The van der Waals surface area contributed by atoms with Crippen molar-refractivity contribution in [1.29, 1.82) is 0 Å². The van der Waals surface area contributed by atoms with Crippen molar-refractivity contribution in [3.05, 3.63) is 53.1 Å². The molecular weight excluding hydrogens is 612 g/mol. The molecule has 3 aromatic rings. The smallest absolute Gasteiger partial charge is 0.264 e. The molecule has 2 saturated heterocycles. The molecule has 47 heavy (non-hydrogen) atoms. The Balaban J connectivity index is 1.31. The number of likely N-dealkylation sites (tertiary alicyclic amines) is 1. The molecule has 0 spiro atoms. The first-order valence-corrected chi connectivity index (χ1v) is 19.0. The highest BCUT2D eigenvalue weighted by Gasteiger charge is 2.64. The summed E-state index contributed by atoms with van der Waals surface area (Å²) >= 11 is 0. The zero-order valence-electron chi connectivity index (χ0n) is 27.9. The fourth-order valence-electron chi connectivity index (χ4n) is 9.32. The van der Waals surface area contributed by atoms with E-state index in [0.29, 0.717) is 30.1 Å². The van der Waals surface area contributed by atoms with Gasteiger partial charge in [-0.2, -0.15) is 0 Å². The van der Waals surface area contributed by atoms with Gasteiger partial charge in [0.2, 0.25) is 15.9 Å². The first-order valence-electron chi connectivity index (χ1n) is 17.4. The van der Waals surface area contributed by atoms with Crippen molar-refractivity contribution in [2.45, 2.75) is 101 Å². The molecule has 8 rings (SSSR count). The van der Waals surface area contributed by atoms with Gasteiger partial charge in [0, 0.05) is 59.7 Å². The average molecular weight is 659 g/mol. The number of aromatic nitrogens is 1. The number of carbonyl (C=O) groups excluding carboxylic acids is 2. The van der Waals surface area contributed by atoms with Crippen LogP contribution in [0.4, 0.5) is 0 Å². The number of methoxy groups -OCH3 is 1. The molecule has 4 atom stereocenters. The minimum atomic E-state index is -3.80. The van der Waals surface area contributed by atoms with Crippen molar-refractivity contribution in [3.63, 3.8) is 0 Å². The third kappa shape index (κ3) is 4.84. The van der Waals surface area contributed by atoms with Gasteiger partial charge in [0.1, 0.15) is 5.75 Å². The van der Waals surface area contributed by atoms with Crippen LogP contribution in [0.1, 0.15) is 98.5 Å². The number of ether oxygens (including phenoxy) is 1. The van der Waals surface area contributed by atoms with E-state index in [1.165, 1.54) is 30.4 Å². The van der Waals surface area contributed by atoms with E-state index in [1.54, 1.807) is 27.0 Å². The Hall–Kier alpha value is -3.37. The molecule has 2 aliphatic carbocycles. The molecule has 9 nitrogen and oxygen atoms in total. The maximum atomic E-state index is 14.8. The highest BCUT2D eigenvalue weighted by Crippen LogP contribution is 2.66. The summed E-state index contributed by atoms with van der Waals surface area (Å²) in [7, 11) is 0.0949. The number of benzene rings is 2. The summed E-state index contributed by atoms with van der Waals surface area (Å²) in [4.78, 5) is 32.8. The molecule has 4 heterocycles. The molecular formula is C37H46N4O5S. The molecule has 2 amide bonds. The molecule has 250 valence electrons. The van der Waals surface area contributed by atoms with E-state index >= 15 is 0 Å². The van der Waals surface area contributed by atoms with Crippen LogP contribution in [-0.4, -0.2) is 79.2 Å². The summed E-state index contributed by atoms with van der Waals surface area (Å²) in [5.41, 5.74) is 5.39. The lowest BCUT2D eigenvalue weighted by Gasteiger charge is -2.40. The molecule has 4 fully saturated rings. The summed E-state index contributed by atoms with van der Waals surface area (Å²) in [5, 5.41) is 0.366. The van der Waals surface area contributed by atoms with Crippen LogP contribution in [0.3, 0.4) is 0 Å². The van der Waals surface area contributed by atoms with Crippen LogP contribution in [0, 0.1) is 5.41 Å². The van der Waals surface area contributed by atoms with E-state index in [9.17, 15) is 18.0 Å². The van der Waals surface area contributed by atoms with E-state index in [-0.39, 0.29) is 11.8 Å². The normalized spacial score (nSPS) is 27.3. The van der Waals surface area contributed by atoms with Gasteiger partial charge >= 0.3 is 0 Å². The van der Waals surface area contributed by atoms with Crippen LogP contribution >= 0.6 is 0 Å². The average Bonchev–Trinajstić information content (AvgIpc) is 3.69. The predicted molar refractivity (Wildman–Crippen MR) is 182 cm³/mol. The zero-order chi connectivity index (χ0) is 32.8. The highest BCUT2D eigenvalue weighted by molar-refractivity contribution is 7.90. The molecule has 2 saturated carbocycles. The van der Waals surface area contributed by atoms with Gasteiger partial charge in [-0.1, -0.05) is 25.3 Å². The summed E-state index contributed by atoms with van der Waals surface area (Å²) < 4.78 is 35.6. The van der Waals surface area contributed by atoms with Crippen molar-refractivity contribution < 1.29 is 22.7 Å². The molecule has 3 aliphatic heterocycles. The van der Waals surface area contributed by atoms with Gasteiger partial charge in [-0.15, -0.1) is 0 Å². The second-order valence-electron chi connectivity index (χ2n) is 15.1. The number of likely N-dealkylation sites (N-methyl/N-ethyl adjacent to an activating group) is 1. The van der Waals surface area contributed by atoms with E-state index < -0.39 is 26.6 Å². The number of rotatable bonds is 6. The third-order valence-corrected chi connectivity index (χ3v) is 13.9. The largest absolute Gasteiger partial charge is 0.497 e. The molecule has 1 aromatic heterocycles. The molecule has 5 aliphatic rings. The summed E-state index contributed by atoms with van der Waals surface area (Å²) in [6.07, 6.45) is 8.84. The maximum Gasteiger partial charge on any atom is 0.264 e. The SMILES string of the molecule is COc1ccc2c(c1)C1CC1(C(=O)N1CC3CCC(C1)N3C)Cn1c-2c(C2CCCCC2)c2ccc(C(=O)NS(=O)(=O)C(C)C)cc21. The number of fused-ring (bicyclic) bond motifs is 9. The minimum absolute atomic E-state index is 0.0780. The van der Waals surface area contributed by atoms with Crippen LogP contribution in [0.5, 0.6) is 5.75 Å².